The number of fused-ring (bicyclic) bond motifs is 1. The van der Waals surface area contributed by atoms with Crippen LogP contribution in [0.1, 0.15) is 17.0 Å². The average molecular weight is 523 g/mol. The van der Waals surface area contributed by atoms with Crippen LogP contribution >= 0.6 is 11.8 Å². The van der Waals surface area contributed by atoms with E-state index in [0.29, 0.717) is 22.9 Å². The lowest BCUT2D eigenvalue weighted by Crippen LogP contribution is -2.40. The van der Waals surface area contributed by atoms with Crippen molar-refractivity contribution in [2.45, 2.75) is 35.1 Å². The number of aryl methyl sites for hydroxylation is 1. The highest BCUT2D eigenvalue weighted by Crippen LogP contribution is 2.37. The van der Waals surface area contributed by atoms with Crippen LogP contribution in [-0.2, 0) is 26.9 Å². The first-order valence-electron chi connectivity index (χ1n) is 11.1. The molecule has 1 aliphatic rings. The molecule has 36 heavy (non-hydrogen) atoms. The van der Waals surface area contributed by atoms with Gasteiger partial charge < -0.3 is 14.3 Å². The van der Waals surface area contributed by atoms with E-state index in [1.54, 1.807) is 36.4 Å². The number of carboxylic acid groups (broad SMARTS) is 1. The lowest BCUT2D eigenvalue weighted by Gasteiger charge is -2.25. The topological polar surface area (TPSA) is 110 Å². The molecule has 1 aliphatic heterocycles. The van der Waals surface area contributed by atoms with E-state index in [1.165, 1.54) is 23.9 Å². The number of thioether (sulfide) groups is 1. The maximum absolute atomic E-state index is 13.5. The second-order valence-corrected chi connectivity index (χ2v) is 11.0. The third-order valence-corrected chi connectivity index (χ3v) is 8.63. The molecule has 3 aromatic carbocycles. The summed E-state index contributed by atoms with van der Waals surface area (Å²) in [7, 11) is -4.06. The Hall–Kier alpha value is -3.76. The van der Waals surface area contributed by atoms with Gasteiger partial charge in [-0.2, -0.15) is 0 Å². The van der Waals surface area contributed by atoms with Gasteiger partial charge in [0, 0.05) is 22.6 Å². The minimum absolute atomic E-state index is 0.0477. The molecule has 1 aromatic heterocycles. The number of carbonyl (C=O) groups is 1. The Bertz CT molecular complexity index is 1500. The Morgan fingerprint density at radius 2 is 1.78 bits per heavy atom. The van der Waals surface area contributed by atoms with Crippen molar-refractivity contribution in [3.05, 3.63) is 95.9 Å². The molecular weight excluding hydrogens is 500 g/mol. The number of aromatic nitrogens is 1. The summed E-state index contributed by atoms with van der Waals surface area (Å²) >= 11 is 1.51. The third kappa shape index (κ3) is 4.69. The van der Waals surface area contributed by atoms with Gasteiger partial charge in [0.2, 0.25) is 5.89 Å². The number of rotatable bonds is 7. The molecule has 0 aliphatic carbocycles. The third-order valence-electron chi connectivity index (χ3n) is 5.79. The van der Waals surface area contributed by atoms with Gasteiger partial charge in [-0.1, -0.05) is 36.4 Å². The Balaban J connectivity index is 1.33. The summed E-state index contributed by atoms with van der Waals surface area (Å²) in [5, 5.41) is 9.12. The van der Waals surface area contributed by atoms with Crippen molar-refractivity contribution >= 4 is 33.6 Å². The first kappa shape index (κ1) is 24.0. The number of para-hydroxylation sites is 1. The number of hydrogen-bond acceptors (Lipinski definition) is 7. The van der Waals surface area contributed by atoms with E-state index in [4.69, 9.17) is 14.3 Å². The van der Waals surface area contributed by atoms with Crippen LogP contribution in [0.5, 0.6) is 0 Å². The molecule has 2 heterocycles. The summed E-state index contributed by atoms with van der Waals surface area (Å²) < 4.78 is 38.7. The maximum atomic E-state index is 13.5. The molecule has 0 radical (unpaired) electrons. The summed E-state index contributed by atoms with van der Waals surface area (Å²) in [6.45, 7) is 1.87. The zero-order chi connectivity index (χ0) is 25.3. The fraction of sp³-hybridized carbons (Fsp3) is 0.154. The summed E-state index contributed by atoms with van der Waals surface area (Å²) in [6.07, 6.45) is -2.54. The Morgan fingerprint density at radius 3 is 2.50 bits per heavy atom. The van der Waals surface area contributed by atoms with Crippen LogP contribution in [-0.4, -0.2) is 30.9 Å². The zero-order valence-corrected chi connectivity index (χ0v) is 20.8. The van der Waals surface area contributed by atoms with Gasteiger partial charge in [0.05, 0.1) is 16.3 Å². The minimum Gasteiger partial charge on any atom is -0.450 e. The van der Waals surface area contributed by atoms with E-state index in [-0.39, 0.29) is 11.3 Å². The summed E-state index contributed by atoms with van der Waals surface area (Å²) in [5.74, 6) is 1.86. The van der Waals surface area contributed by atoms with Gasteiger partial charge in [0.25, 0.3) is 10.0 Å². The van der Waals surface area contributed by atoms with Crippen LogP contribution in [0.15, 0.2) is 93.1 Å². The Labute approximate surface area is 212 Å². The molecule has 0 saturated heterocycles. The highest BCUT2D eigenvalue weighted by molar-refractivity contribution is 7.98. The lowest BCUT2D eigenvalue weighted by molar-refractivity contribution is 0.0596. The molecule has 0 bridgehead atoms. The monoisotopic (exact) mass is 522 g/mol. The molecule has 0 amide bonds. The molecule has 1 atom stereocenters. The molecule has 5 rings (SSSR count). The van der Waals surface area contributed by atoms with E-state index in [2.05, 4.69) is 4.98 Å². The normalized spacial score (nSPS) is 15.0. The Morgan fingerprint density at radius 1 is 1.08 bits per heavy atom. The highest BCUT2D eigenvalue weighted by atomic mass is 32.2. The molecule has 1 N–H and O–H groups in total. The number of benzene rings is 3. The van der Waals surface area contributed by atoms with Crippen LogP contribution in [0.4, 0.5) is 10.5 Å². The summed E-state index contributed by atoms with van der Waals surface area (Å²) in [5.41, 5.74) is 2.84. The number of oxazole rings is 1. The van der Waals surface area contributed by atoms with Crippen molar-refractivity contribution in [2.24, 2.45) is 0 Å². The molecule has 0 saturated carbocycles. The summed E-state index contributed by atoms with van der Waals surface area (Å²) in [6, 6.07) is 23.0. The predicted octanol–water partition coefficient (Wildman–Crippen LogP) is 5.71. The largest absolute Gasteiger partial charge is 0.507 e. The fourth-order valence-corrected chi connectivity index (χ4v) is 6.53. The van der Waals surface area contributed by atoms with Crippen LogP contribution in [0, 0.1) is 6.92 Å². The van der Waals surface area contributed by atoms with E-state index in [1.807, 2.05) is 37.3 Å². The first-order valence-corrected chi connectivity index (χ1v) is 13.5. The number of anilines is 1. The second kappa shape index (κ2) is 9.71. The molecule has 10 heteroatoms. The van der Waals surface area contributed by atoms with Crippen molar-refractivity contribution in [2.75, 3.05) is 4.31 Å². The molecule has 8 nitrogen and oxygen atoms in total. The first-order chi connectivity index (χ1) is 17.3. The second-order valence-electron chi connectivity index (χ2n) is 8.12. The highest BCUT2D eigenvalue weighted by Gasteiger charge is 2.40. The van der Waals surface area contributed by atoms with Gasteiger partial charge in [-0.25, -0.2) is 22.5 Å². The Kier molecular flexibility index (Phi) is 6.46. The fourth-order valence-electron chi connectivity index (χ4n) is 4.05. The zero-order valence-electron chi connectivity index (χ0n) is 19.2. The van der Waals surface area contributed by atoms with Crippen molar-refractivity contribution < 1.29 is 27.5 Å². The van der Waals surface area contributed by atoms with Crippen LogP contribution in [0.2, 0.25) is 0 Å². The average Bonchev–Trinajstić information content (AvgIpc) is 3.43. The van der Waals surface area contributed by atoms with Gasteiger partial charge in [-0.05, 0) is 55.0 Å². The van der Waals surface area contributed by atoms with Gasteiger partial charge >= 0.3 is 6.16 Å². The maximum Gasteiger partial charge on any atom is 0.507 e. The van der Waals surface area contributed by atoms with Crippen LogP contribution in [0.25, 0.3) is 11.5 Å². The van der Waals surface area contributed by atoms with E-state index < -0.39 is 22.4 Å². The minimum atomic E-state index is -4.06. The number of sulfonamides is 1. The molecule has 0 spiro atoms. The molecule has 184 valence electrons. The molecular formula is C26H22N2O6S2. The summed E-state index contributed by atoms with van der Waals surface area (Å²) in [4.78, 5) is 16.7. The quantitative estimate of drug-likeness (QED) is 0.243. The van der Waals surface area contributed by atoms with Crippen LogP contribution < -0.4 is 4.31 Å². The van der Waals surface area contributed by atoms with Crippen molar-refractivity contribution in [1.82, 2.24) is 4.98 Å². The molecule has 0 unspecified atom stereocenters. The van der Waals surface area contributed by atoms with E-state index >= 15 is 0 Å². The lowest BCUT2D eigenvalue weighted by atomic mass is 10.2. The van der Waals surface area contributed by atoms with E-state index in [0.717, 1.165) is 26.2 Å². The van der Waals surface area contributed by atoms with Gasteiger partial charge in [-0.3, -0.25) is 0 Å². The molecule has 4 aromatic rings. The standard InChI is InChI=1S/C26H22N2O6S2/c1-17-22(27-25(33-17)18-7-3-2-4-8-18)16-35-20-11-13-21(14-12-20)36(31,32)28-23-10-6-5-9-19(23)15-24(28)34-26(29)30/h2-14,24H,15-16H2,1H3,(H,29,30)/t24-/m1/s1. The van der Waals surface area contributed by atoms with Crippen LogP contribution in [0.3, 0.4) is 0 Å². The number of nitrogens with zero attached hydrogens (tertiary/aromatic N) is 2. The van der Waals surface area contributed by atoms with Gasteiger partial charge in [-0.15, -0.1) is 11.8 Å². The molecule has 0 fully saturated rings. The van der Waals surface area contributed by atoms with Crippen molar-refractivity contribution in [3.8, 4) is 11.5 Å². The predicted molar refractivity (Wildman–Crippen MR) is 135 cm³/mol. The van der Waals surface area contributed by atoms with Crippen molar-refractivity contribution in [3.63, 3.8) is 0 Å². The van der Waals surface area contributed by atoms with Crippen molar-refractivity contribution in [1.29, 1.82) is 0 Å². The number of ether oxygens (including phenoxy) is 1. The van der Waals surface area contributed by atoms with Gasteiger partial charge in [0.15, 0.2) is 6.23 Å². The number of hydrogen-bond donors (Lipinski definition) is 1. The SMILES string of the molecule is Cc1oc(-c2ccccc2)nc1CSc1ccc(S(=O)(=O)N2c3ccccc3C[C@H]2OC(=O)O)cc1. The van der Waals surface area contributed by atoms with E-state index in [9.17, 15) is 13.2 Å². The van der Waals surface area contributed by atoms with Gasteiger partial charge in [0.1, 0.15) is 5.76 Å². The smallest absolute Gasteiger partial charge is 0.450 e.